The Labute approximate surface area is 144 Å². The molecule has 0 aromatic heterocycles. The third-order valence-electron chi connectivity index (χ3n) is 3.44. The van der Waals surface area contributed by atoms with Crippen LogP contribution in [0, 0.1) is 0 Å². The Kier molecular flexibility index (Phi) is 6.96. The average Bonchev–Trinajstić information content (AvgIpc) is 2.59. The summed E-state index contributed by atoms with van der Waals surface area (Å²) in [5, 5.41) is 12.3. The Hall–Kier alpha value is -2.18. The molecule has 128 valence electrons. The van der Waals surface area contributed by atoms with Crippen molar-refractivity contribution in [2.24, 2.45) is 0 Å². The summed E-state index contributed by atoms with van der Waals surface area (Å²) >= 11 is 0. The molecule has 0 saturated heterocycles. The fourth-order valence-corrected chi connectivity index (χ4v) is 3.27. The Morgan fingerprint density at radius 3 is 2.67 bits per heavy atom. The minimum absolute atomic E-state index is 0.275. The number of hydrogen-bond donors (Lipinski definition) is 2. The number of carboxylic acids is 1. The summed E-state index contributed by atoms with van der Waals surface area (Å²) in [6.45, 7) is 1.02. The number of ether oxygens (including phenoxy) is 1. The van der Waals surface area contributed by atoms with Gasteiger partial charge < -0.3 is 15.2 Å². The van der Waals surface area contributed by atoms with Gasteiger partial charge in [0, 0.05) is 41.6 Å². The number of carboxylic acid groups (broad SMARTS) is 1. The molecule has 0 aliphatic rings. The van der Waals surface area contributed by atoms with E-state index in [1.54, 1.807) is 25.3 Å². The fraction of sp³-hybridized carbons (Fsp3) is 0.278. The van der Waals surface area contributed by atoms with E-state index in [0.29, 0.717) is 24.7 Å². The summed E-state index contributed by atoms with van der Waals surface area (Å²) in [6.07, 6.45) is 0. The molecular weight excluding hydrogens is 326 g/mol. The van der Waals surface area contributed by atoms with Crippen LogP contribution in [0.5, 0.6) is 0 Å². The molecule has 0 amide bonds. The zero-order chi connectivity index (χ0) is 17.4. The van der Waals surface area contributed by atoms with E-state index in [4.69, 9.17) is 9.84 Å². The summed E-state index contributed by atoms with van der Waals surface area (Å²) < 4.78 is 16.9. The van der Waals surface area contributed by atoms with Gasteiger partial charge in [-0.3, -0.25) is 4.21 Å². The van der Waals surface area contributed by atoms with Gasteiger partial charge in [0.1, 0.15) is 0 Å². The summed E-state index contributed by atoms with van der Waals surface area (Å²) in [6, 6.07) is 14.6. The van der Waals surface area contributed by atoms with Crippen molar-refractivity contribution in [3.05, 3.63) is 65.2 Å². The van der Waals surface area contributed by atoms with Crippen LogP contribution in [0.25, 0.3) is 0 Å². The molecule has 2 aromatic rings. The van der Waals surface area contributed by atoms with Crippen molar-refractivity contribution < 1.29 is 18.8 Å². The normalized spacial score (nSPS) is 11.9. The first-order valence-corrected chi connectivity index (χ1v) is 9.06. The standard InChI is InChI=1S/C18H21NO4S/c1-23-8-9-24(22)13-15-5-3-7-17(11-15)19-12-14-4-2-6-16(10-14)18(20)21/h2-7,10-11,19H,8-9,12-13H2,1H3,(H,20,21). The van der Waals surface area contributed by atoms with Gasteiger partial charge in [-0.15, -0.1) is 0 Å². The van der Waals surface area contributed by atoms with Gasteiger partial charge in [-0.05, 0) is 35.4 Å². The maximum Gasteiger partial charge on any atom is 0.335 e. The molecule has 2 rings (SSSR count). The summed E-state index contributed by atoms with van der Waals surface area (Å²) in [7, 11) is 0.653. The van der Waals surface area contributed by atoms with E-state index in [2.05, 4.69) is 5.32 Å². The molecule has 1 unspecified atom stereocenters. The van der Waals surface area contributed by atoms with Crippen molar-refractivity contribution in [2.45, 2.75) is 12.3 Å². The zero-order valence-electron chi connectivity index (χ0n) is 13.5. The van der Waals surface area contributed by atoms with Crippen molar-refractivity contribution in [3.8, 4) is 0 Å². The predicted molar refractivity (Wildman–Crippen MR) is 95.8 cm³/mol. The highest BCUT2D eigenvalue weighted by Crippen LogP contribution is 2.14. The third kappa shape index (κ3) is 5.79. The molecular formula is C18H21NO4S. The highest BCUT2D eigenvalue weighted by atomic mass is 32.2. The minimum atomic E-state index is -0.945. The summed E-state index contributed by atoms with van der Waals surface area (Å²) in [5.74, 6) is 0.0844. The molecule has 0 spiro atoms. The van der Waals surface area contributed by atoms with Crippen LogP contribution >= 0.6 is 0 Å². The van der Waals surface area contributed by atoms with Crippen LogP contribution in [0.3, 0.4) is 0 Å². The van der Waals surface area contributed by atoms with Gasteiger partial charge in [-0.25, -0.2) is 4.79 Å². The summed E-state index contributed by atoms with van der Waals surface area (Å²) in [5.41, 5.74) is 3.08. The van der Waals surface area contributed by atoms with E-state index < -0.39 is 16.8 Å². The Bertz CT molecular complexity index is 718. The second-order valence-corrected chi connectivity index (χ2v) is 6.92. The van der Waals surface area contributed by atoms with Gasteiger partial charge >= 0.3 is 5.97 Å². The second kappa shape index (κ2) is 9.20. The number of aromatic carboxylic acids is 1. The molecule has 6 heteroatoms. The van der Waals surface area contributed by atoms with E-state index in [0.717, 1.165) is 16.8 Å². The molecule has 0 radical (unpaired) electrons. The lowest BCUT2D eigenvalue weighted by Crippen LogP contribution is -2.07. The van der Waals surface area contributed by atoms with Crippen molar-refractivity contribution in [1.82, 2.24) is 0 Å². The first-order valence-electron chi connectivity index (χ1n) is 7.57. The van der Waals surface area contributed by atoms with E-state index >= 15 is 0 Å². The van der Waals surface area contributed by atoms with Crippen LogP contribution < -0.4 is 5.32 Å². The highest BCUT2D eigenvalue weighted by Gasteiger charge is 2.05. The van der Waals surface area contributed by atoms with Gasteiger partial charge in [0.05, 0.1) is 12.2 Å². The fourth-order valence-electron chi connectivity index (χ4n) is 2.22. The van der Waals surface area contributed by atoms with Gasteiger partial charge in [0.25, 0.3) is 0 Å². The molecule has 0 heterocycles. The lowest BCUT2D eigenvalue weighted by atomic mass is 10.1. The maximum absolute atomic E-state index is 11.9. The van der Waals surface area contributed by atoms with Crippen molar-refractivity contribution in [2.75, 3.05) is 24.8 Å². The van der Waals surface area contributed by atoms with E-state index in [9.17, 15) is 9.00 Å². The lowest BCUT2D eigenvalue weighted by molar-refractivity contribution is 0.0696. The van der Waals surface area contributed by atoms with Crippen LogP contribution in [0.4, 0.5) is 5.69 Å². The van der Waals surface area contributed by atoms with E-state index in [-0.39, 0.29) is 5.56 Å². The first-order chi connectivity index (χ1) is 11.6. The maximum atomic E-state index is 11.9. The molecule has 0 aliphatic heterocycles. The molecule has 5 nitrogen and oxygen atoms in total. The van der Waals surface area contributed by atoms with Crippen LogP contribution in [0.1, 0.15) is 21.5 Å². The Balaban J connectivity index is 1.96. The SMILES string of the molecule is COCCS(=O)Cc1cccc(NCc2cccc(C(=O)O)c2)c1. The first kappa shape index (κ1) is 18.2. The number of anilines is 1. The summed E-state index contributed by atoms with van der Waals surface area (Å²) in [4.78, 5) is 11.0. The van der Waals surface area contributed by atoms with Gasteiger partial charge in [0.15, 0.2) is 0 Å². The molecule has 0 fully saturated rings. The van der Waals surface area contributed by atoms with E-state index in [1.807, 2.05) is 30.3 Å². The second-order valence-electron chi connectivity index (χ2n) is 5.34. The molecule has 2 aromatic carbocycles. The number of carbonyl (C=O) groups is 1. The monoisotopic (exact) mass is 347 g/mol. The number of methoxy groups -OCH3 is 1. The largest absolute Gasteiger partial charge is 0.478 e. The van der Waals surface area contributed by atoms with Crippen LogP contribution in [-0.2, 0) is 27.8 Å². The molecule has 2 N–H and O–H groups in total. The Morgan fingerprint density at radius 2 is 1.92 bits per heavy atom. The number of nitrogens with one attached hydrogen (secondary N) is 1. The van der Waals surface area contributed by atoms with Gasteiger partial charge in [-0.2, -0.15) is 0 Å². The van der Waals surface area contributed by atoms with Gasteiger partial charge in [0.2, 0.25) is 0 Å². The molecule has 1 atom stereocenters. The topological polar surface area (TPSA) is 75.6 Å². The minimum Gasteiger partial charge on any atom is -0.478 e. The Morgan fingerprint density at radius 1 is 1.17 bits per heavy atom. The van der Waals surface area contributed by atoms with Crippen LogP contribution in [0.2, 0.25) is 0 Å². The number of benzene rings is 2. The number of hydrogen-bond acceptors (Lipinski definition) is 4. The van der Waals surface area contributed by atoms with E-state index in [1.165, 1.54) is 0 Å². The van der Waals surface area contributed by atoms with Crippen LogP contribution in [-0.4, -0.2) is 34.8 Å². The molecule has 0 bridgehead atoms. The average molecular weight is 347 g/mol. The van der Waals surface area contributed by atoms with Crippen molar-refractivity contribution in [3.63, 3.8) is 0 Å². The zero-order valence-corrected chi connectivity index (χ0v) is 14.3. The predicted octanol–water partition coefficient (Wildman–Crippen LogP) is 2.89. The molecule has 0 aliphatic carbocycles. The third-order valence-corrected chi connectivity index (χ3v) is 4.72. The smallest absolute Gasteiger partial charge is 0.335 e. The van der Waals surface area contributed by atoms with Crippen molar-refractivity contribution >= 4 is 22.5 Å². The van der Waals surface area contributed by atoms with Crippen molar-refractivity contribution in [1.29, 1.82) is 0 Å². The molecule has 0 saturated carbocycles. The van der Waals surface area contributed by atoms with Crippen LogP contribution in [0.15, 0.2) is 48.5 Å². The highest BCUT2D eigenvalue weighted by molar-refractivity contribution is 7.84. The molecule has 24 heavy (non-hydrogen) atoms. The number of rotatable bonds is 9. The quantitative estimate of drug-likeness (QED) is 0.729. The lowest BCUT2D eigenvalue weighted by Gasteiger charge is -2.09. The van der Waals surface area contributed by atoms with Gasteiger partial charge in [-0.1, -0.05) is 24.3 Å².